The molecule has 0 fully saturated rings. The Kier molecular flexibility index (Phi) is 8.21. The lowest BCUT2D eigenvalue weighted by Crippen LogP contribution is -2.45. The molecule has 2 amide bonds. The van der Waals surface area contributed by atoms with E-state index in [0.29, 0.717) is 11.3 Å². The average molecular weight is 535 g/mol. The lowest BCUT2D eigenvalue weighted by atomic mass is 9.98. The molecule has 4 aromatic rings. The molecule has 1 atom stereocenters. The summed E-state index contributed by atoms with van der Waals surface area (Å²) < 4.78 is 10.7. The first-order valence-corrected chi connectivity index (χ1v) is 13.3. The number of fused-ring (bicyclic) bond motifs is 3. The van der Waals surface area contributed by atoms with Gasteiger partial charge in [0.1, 0.15) is 12.6 Å². The predicted molar refractivity (Wildman–Crippen MR) is 153 cm³/mol. The predicted octanol–water partition coefficient (Wildman–Crippen LogP) is 5.95. The summed E-state index contributed by atoms with van der Waals surface area (Å²) in [5, 5.41) is 5.58. The molecule has 2 N–H and O–H groups in total. The number of benzene rings is 4. The van der Waals surface area contributed by atoms with Gasteiger partial charge in [0.25, 0.3) is 0 Å². The van der Waals surface area contributed by atoms with Gasteiger partial charge in [0.2, 0.25) is 5.91 Å². The first-order valence-electron chi connectivity index (χ1n) is 13.3. The molecule has 0 saturated heterocycles. The maximum absolute atomic E-state index is 13.3. The van der Waals surface area contributed by atoms with Gasteiger partial charge < -0.3 is 20.1 Å². The first-order chi connectivity index (χ1) is 19.5. The molecule has 202 valence electrons. The van der Waals surface area contributed by atoms with E-state index in [1.54, 1.807) is 31.2 Å². The van der Waals surface area contributed by atoms with Crippen LogP contribution in [-0.2, 0) is 20.7 Å². The first kappa shape index (κ1) is 26.7. The standard InChI is InChI=1S/C33H30N2O5/c1-2-39-32(37)23-16-18-24(19-17-23)34-31(36)30(20-22-10-4-3-5-11-22)35-33(38)40-21-29-27-14-8-6-12-25(27)26-13-7-9-15-28(26)29/h3-19,29-30H,2,20-21H2,1H3,(H,34,36)(H,35,38). The Morgan fingerprint density at radius 1 is 0.750 bits per heavy atom. The van der Waals surface area contributed by atoms with Crippen molar-refractivity contribution in [3.05, 3.63) is 125 Å². The highest BCUT2D eigenvalue weighted by atomic mass is 16.5. The summed E-state index contributed by atoms with van der Waals surface area (Å²) in [6.07, 6.45) is -0.395. The molecule has 1 aliphatic rings. The normalized spacial score (nSPS) is 12.5. The van der Waals surface area contributed by atoms with Crippen LogP contribution >= 0.6 is 0 Å². The van der Waals surface area contributed by atoms with Crippen molar-refractivity contribution >= 4 is 23.7 Å². The Hall–Kier alpha value is -4.91. The minimum atomic E-state index is -0.886. The monoisotopic (exact) mass is 534 g/mol. The molecule has 0 saturated carbocycles. The smallest absolute Gasteiger partial charge is 0.407 e. The highest BCUT2D eigenvalue weighted by molar-refractivity contribution is 5.97. The summed E-state index contributed by atoms with van der Waals surface area (Å²) in [6.45, 7) is 2.16. The maximum atomic E-state index is 13.3. The zero-order valence-electron chi connectivity index (χ0n) is 22.1. The fourth-order valence-electron chi connectivity index (χ4n) is 4.97. The van der Waals surface area contributed by atoms with Gasteiger partial charge in [0.15, 0.2) is 0 Å². The lowest BCUT2D eigenvalue weighted by Gasteiger charge is -2.20. The molecule has 0 radical (unpaired) electrons. The highest BCUT2D eigenvalue weighted by Crippen LogP contribution is 2.44. The number of esters is 1. The Labute approximate surface area is 233 Å². The minimum Gasteiger partial charge on any atom is -0.462 e. The minimum absolute atomic E-state index is 0.0857. The number of carbonyl (C=O) groups excluding carboxylic acids is 3. The van der Waals surface area contributed by atoms with E-state index < -0.39 is 24.0 Å². The van der Waals surface area contributed by atoms with Crippen LogP contribution in [0.25, 0.3) is 11.1 Å². The third kappa shape index (κ3) is 6.04. The van der Waals surface area contributed by atoms with E-state index in [1.165, 1.54) is 0 Å². The molecule has 7 nitrogen and oxygen atoms in total. The quantitative estimate of drug-likeness (QED) is 0.259. The number of hydrogen-bond acceptors (Lipinski definition) is 5. The van der Waals surface area contributed by atoms with E-state index in [9.17, 15) is 14.4 Å². The van der Waals surface area contributed by atoms with Crippen molar-refractivity contribution in [3.63, 3.8) is 0 Å². The third-order valence-electron chi connectivity index (χ3n) is 6.90. The topological polar surface area (TPSA) is 93.7 Å². The number of hydrogen-bond donors (Lipinski definition) is 2. The number of carbonyl (C=O) groups is 3. The summed E-state index contributed by atoms with van der Waals surface area (Å²) in [4.78, 5) is 38.2. The zero-order chi connectivity index (χ0) is 27.9. The molecule has 0 spiro atoms. The van der Waals surface area contributed by atoms with E-state index in [-0.39, 0.29) is 25.6 Å². The number of ether oxygens (including phenoxy) is 2. The van der Waals surface area contributed by atoms with Crippen LogP contribution in [0.1, 0.15) is 39.9 Å². The van der Waals surface area contributed by atoms with Crippen LogP contribution in [0.3, 0.4) is 0 Å². The Balaban J connectivity index is 1.27. The fourth-order valence-corrected chi connectivity index (χ4v) is 4.97. The number of nitrogens with one attached hydrogen (secondary N) is 2. The average Bonchev–Trinajstić information content (AvgIpc) is 3.30. The second-order valence-electron chi connectivity index (χ2n) is 9.50. The van der Waals surface area contributed by atoms with Crippen LogP contribution in [-0.4, -0.2) is 37.2 Å². The Morgan fingerprint density at radius 3 is 1.98 bits per heavy atom. The van der Waals surface area contributed by atoms with E-state index in [1.807, 2.05) is 54.6 Å². The maximum Gasteiger partial charge on any atom is 0.407 e. The van der Waals surface area contributed by atoms with Crippen LogP contribution < -0.4 is 10.6 Å². The van der Waals surface area contributed by atoms with Gasteiger partial charge in [-0.15, -0.1) is 0 Å². The van der Waals surface area contributed by atoms with E-state index in [4.69, 9.17) is 9.47 Å². The van der Waals surface area contributed by atoms with Gasteiger partial charge in [-0.1, -0.05) is 78.9 Å². The number of rotatable bonds is 9. The molecule has 4 aromatic carbocycles. The highest BCUT2D eigenvalue weighted by Gasteiger charge is 2.30. The molecule has 0 aromatic heterocycles. The molecular weight excluding hydrogens is 504 g/mol. The van der Waals surface area contributed by atoms with Gasteiger partial charge in [-0.3, -0.25) is 4.79 Å². The van der Waals surface area contributed by atoms with Crippen molar-refractivity contribution in [2.24, 2.45) is 0 Å². The number of amides is 2. The van der Waals surface area contributed by atoms with Crippen LogP contribution in [0.5, 0.6) is 0 Å². The largest absolute Gasteiger partial charge is 0.462 e. The molecule has 0 heterocycles. The van der Waals surface area contributed by atoms with E-state index in [0.717, 1.165) is 27.8 Å². The van der Waals surface area contributed by atoms with Crippen LogP contribution in [0.15, 0.2) is 103 Å². The van der Waals surface area contributed by atoms with Gasteiger partial charge in [-0.25, -0.2) is 9.59 Å². The Morgan fingerprint density at radius 2 is 1.35 bits per heavy atom. The summed E-state index contributed by atoms with van der Waals surface area (Å²) >= 11 is 0. The van der Waals surface area contributed by atoms with Gasteiger partial charge in [0, 0.05) is 18.0 Å². The van der Waals surface area contributed by atoms with Gasteiger partial charge in [-0.2, -0.15) is 0 Å². The van der Waals surface area contributed by atoms with Crippen LogP contribution in [0, 0.1) is 0 Å². The van der Waals surface area contributed by atoms with Gasteiger partial charge in [-0.05, 0) is 59.0 Å². The molecule has 0 bridgehead atoms. The zero-order valence-corrected chi connectivity index (χ0v) is 22.1. The second-order valence-corrected chi connectivity index (χ2v) is 9.50. The second kappa shape index (κ2) is 12.3. The molecule has 7 heteroatoms. The molecular formula is C33H30N2O5. The summed E-state index contributed by atoms with van der Waals surface area (Å²) in [5.41, 5.74) is 6.27. The third-order valence-corrected chi connectivity index (χ3v) is 6.90. The SMILES string of the molecule is CCOC(=O)c1ccc(NC(=O)C(Cc2ccccc2)NC(=O)OCC2c3ccccc3-c3ccccc32)cc1. The Bertz CT molecular complexity index is 1460. The van der Waals surface area contributed by atoms with Crippen molar-refractivity contribution in [1.82, 2.24) is 5.32 Å². The number of anilines is 1. The van der Waals surface area contributed by atoms with E-state index in [2.05, 4.69) is 34.9 Å². The van der Waals surface area contributed by atoms with Crippen molar-refractivity contribution < 1.29 is 23.9 Å². The van der Waals surface area contributed by atoms with Crippen molar-refractivity contribution in [2.75, 3.05) is 18.5 Å². The number of alkyl carbamates (subject to hydrolysis) is 1. The van der Waals surface area contributed by atoms with Crippen LogP contribution in [0.2, 0.25) is 0 Å². The van der Waals surface area contributed by atoms with Crippen LogP contribution in [0.4, 0.5) is 10.5 Å². The van der Waals surface area contributed by atoms with Crippen molar-refractivity contribution in [3.8, 4) is 11.1 Å². The summed E-state index contributed by atoms with van der Waals surface area (Å²) in [6, 6.07) is 31.2. The molecule has 1 aliphatic carbocycles. The van der Waals surface area contributed by atoms with Gasteiger partial charge in [0.05, 0.1) is 12.2 Å². The van der Waals surface area contributed by atoms with Gasteiger partial charge >= 0.3 is 12.1 Å². The molecule has 5 rings (SSSR count). The van der Waals surface area contributed by atoms with E-state index >= 15 is 0 Å². The molecule has 40 heavy (non-hydrogen) atoms. The van der Waals surface area contributed by atoms with Crippen molar-refractivity contribution in [1.29, 1.82) is 0 Å². The lowest BCUT2D eigenvalue weighted by molar-refractivity contribution is -0.118. The molecule has 1 unspecified atom stereocenters. The van der Waals surface area contributed by atoms with Crippen molar-refractivity contribution in [2.45, 2.75) is 25.3 Å². The fraction of sp³-hybridized carbons (Fsp3) is 0.182. The molecule has 0 aliphatic heterocycles. The summed E-state index contributed by atoms with van der Waals surface area (Å²) in [7, 11) is 0. The summed E-state index contributed by atoms with van der Waals surface area (Å²) in [5.74, 6) is -0.919.